The highest BCUT2D eigenvalue weighted by Crippen LogP contribution is 2.19. The topological polar surface area (TPSA) is 88.0 Å². The van der Waals surface area contributed by atoms with Crippen LogP contribution >= 0.6 is 0 Å². The van der Waals surface area contributed by atoms with Gasteiger partial charge in [0.2, 0.25) is 0 Å². The number of urea groups is 1. The van der Waals surface area contributed by atoms with Gasteiger partial charge in [0.25, 0.3) is 0 Å². The number of carbonyl (C=O) groups is 1. The third kappa shape index (κ3) is 4.05. The van der Waals surface area contributed by atoms with Crippen LogP contribution < -0.4 is 15.5 Å². The molecule has 3 aromatic rings. The van der Waals surface area contributed by atoms with Crippen molar-refractivity contribution in [3.8, 4) is 0 Å². The van der Waals surface area contributed by atoms with Gasteiger partial charge in [-0.3, -0.25) is 4.98 Å². The zero-order valence-corrected chi connectivity index (χ0v) is 16.0. The van der Waals surface area contributed by atoms with Crippen LogP contribution in [-0.4, -0.2) is 44.7 Å². The van der Waals surface area contributed by atoms with E-state index in [0.29, 0.717) is 0 Å². The molecule has 146 valence electrons. The maximum absolute atomic E-state index is 12.4. The molecule has 1 aliphatic rings. The summed E-state index contributed by atoms with van der Waals surface area (Å²) in [5.74, 6) is 0.890. The first-order valence-electron chi connectivity index (χ1n) is 9.76. The van der Waals surface area contributed by atoms with E-state index in [4.69, 9.17) is 0 Å². The molecule has 0 unspecified atom stereocenters. The molecule has 1 fully saturated rings. The summed E-state index contributed by atoms with van der Waals surface area (Å²) in [5.41, 5.74) is 2.73. The number of amides is 2. The number of fused-ring (bicyclic) bond motifs is 1. The van der Waals surface area contributed by atoms with Crippen molar-refractivity contribution in [3.63, 3.8) is 0 Å². The standard InChI is InChI=1S/C20H25N7O/c1-2-9-27-14-23-17-12-16(3-4-18(17)27)25-20(28)24-15-5-10-26(11-6-15)19-13-21-7-8-22-19/h3-4,7-8,12-15H,2,5-6,9-11H2,1H3,(H2,24,25,28). The van der Waals surface area contributed by atoms with E-state index in [-0.39, 0.29) is 12.1 Å². The number of piperidine rings is 1. The third-order valence-electron chi connectivity index (χ3n) is 5.05. The number of hydrogen-bond donors (Lipinski definition) is 2. The van der Waals surface area contributed by atoms with E-state index in [9.17, 15) is 4.79 Å². The first-order valence-corrected chi connectivity index (χ1v) is 9.76. The molecule has 8 nitrogen and oxygen atoms in total. The van der Waals surface area contributed by atoms with E-state index in [1.807, 2.05) is 24.5 Å². The highest BCUT2D eigenvalue weighted by Gasteiger charge is 2.21. The zero-order valence-electron chi connectivity index (χ0n) is 16.0. The molecule has 4 rings (SSSR count). The van der Waals surface area contributed by atoms with Gasteiger partial charge in [-0.1, -0.05) is 6.92 Å². The number of aromatic nitrogens is 4. The predicted octanol–water partition coefficient (Wildman–Crippen LogP) is 3.03. The van der Waals surface area contributed by atoms with Gasteiger partial charge in [0, 0.05) is 43.8 Å². The molecule has 0 saturated carbocycles. The van der Waals surface area contributed by atoms with Gasteiger partial charge in [0.1, 0.15) is 5.82 Å². The monoisotopic (exact) mass is 379 g/mol. The van der Waals surface area contributed by atoms with Crippen LogP contribution in [0.5, 0.6) is 0 Å². The van der Waals surface area contributed by atoms with Crippen LogP contribution in [0.15, 0.2) is 43.1 Å². The summed E-state index contributed by atoms with van der Waals surface area (Å²) >= 11 is 0. The van der Waals surface area contributed by atoms with Crippen LogP contribution in [0.3, 0.4) is 0 Å². The molecular weight excluding hydrogens is 354 g/mol. The highest BCUT2D eigenvalue weighted by atomic mass is 16.2. The minimum atomic E-state index is -0.176. The molecule has 2 aromatic heterocycles. The van der Waals surface area contributed by atoms with Gasteiger partial charge in [-0.05, 0) is 37.5 Å². The van der Waals surface area contributed by atoms with E-state index in [2.05, 4.69) is 42.0 Å². The fourth-order valence-electron chi connectivity index (χ4n) is 3.62. The number of imidazole rings is 1. The van der Waals surface area contributed by atoms with Gasteiger partial charge >= 0.3 is 6.03 Å². The van der Waals surface area contributed by atoms with E-state index in [1.54, 1.807) is 18.6 Å². The summed E-state index contributed by atoms with van der Waals surface area (Å²) < 4.78 is 2.13. The minimum absolute atomic E-state index is 0.153. The maximum atomic E-state index is 12.4. The quantitative estimate of drug-likeness (QED) is 0.711. The Balaban J connectivity index is 1.31. The van der Waals surface area contributed by atoms with Crippen molar-refractivity contribution in [2.24, 2.45) is 0 Å². The van der Waals surface area contributed by atoms with Crippen molar-refractivity contribution in [3.05, 3.63) is 43.1 Å². The number of anilines is 2. The Morgan fingerprint density at radius 1 is 1.21 bits per heavy atom. The lowest BCUT2D eigenvalue weighted by atomic mass is 10.1. The van der Waals surface area contributed by atoms with Gasteiger partial charge in [-0.15, -0.1) is 0 Å². The fourth-order valence-corrected chi connectivity index (χ4v) is 3.62. The van der Waals surface area contributed by atoms with Crippen molar-refractivity contribution in [1.82, 2.24) is 24.8 Å². The van der Waals surface area contributed by atoms with Gasteiger partial charge < -0.3 is 20.1 Å². The molecule has 1 aliphatic heterocycles. The Morgan fingerprint density at radius 2 is 2.07 bits per heavy atom. The SMILES string of the molecule is CCCn1cnc2cc(NC(=O)NC3CCN(c4cnccn4)CC3)ccc21. The smallest absolute Gasteiger partial charge is 0.319 e. The molecule has 3 heterocycles. The second-order valence-corrected chi connectivity index (χ2v) is 7.06. The summed E-state index contributed by atoms with van der Waals surface area (Å²) in [6, 6.07) is 5.82. The normalized spacial score (nSPS) is 15.0. The summed E-state index contributed by atoms with van der Waals surface area (Å²) in [4.78, 5) is 27.5. The zero-order chi connectivity index (χ0) is 19.3. The Hall–Kier alpha value is -3.16. The average Bonchev–Trinajstić information content (AvgIpc) is 3.11. The number of hydrogen-bond acceptors (Lipinski definition) is 5. The van der Waals surface area contributed by atoms with Crippen LogP contribution in [0.1, 0.15) is 26.2 Å². The molecule has 0 aliphatic carbocycles. The molecule has 0 radical (unpaired) electrons. The predicted molar refractivity (Wildman–Crippen MR) is 109 cm³/mol. The second kappa shape index (κ2) is 8.24. The molecule has 1 saturated heterocycles. The molecular formula is C20H25N7O. The van der Waals surface area contributed by atoms with Crippen molar-refractivity contribution < 1.29 is 4.79 Å². The molecule has 2 N–H and O–H groups in total. The Morgan fingerprint density at radius 3 is 2.82 bits per heavy atom. The van der Waals surface area contributed by atoms with Gasteiger partial charge in [0.05, 0.1) is 23.6 Å². The van der Waals surface area contributed by atoms with Crippen LogP contribution in [0.25, 0.3) is 11.0 Å². The third-order valence-corrected chi connectivity index (χ3v) is 5.05. The Bertz CT molecular complexity index is 932. The lowest BCUT2D eigenvalue weighted by molar-refractivity contribution is 0.246. The lowest BCUT2D eigenvalue weighted by Crippen LogP contribution is -2.46. The van der Waals surface area contributed by atoms with E-state index >= 15 is 0 Å². The molecule has 0 bridgehead atoms. The van der Waals surface area contributed by atoms with E-state index in [0.717, 1.165) is 61.4 Å². The Labute approximate surface area is 164 Å². The van der Waals surface area contributed by atoms with Gasteiger partial charge in [-0.25, -0.2) is 14.8 Å². The highest BCUT2D eigenvalue weighted by molar-refractivity contribution is 5.92. The number of rotatable bonds is 5. The summed E-state index contributed by atoms with van der Waals surface area (Å²) in [6.45, 7) is 4.79. The maximum Gasteiger partial charge on any atom is 0.319 e. The molecule has 0 atom stereocenters. The van der Waals surface area contributed by atoms with Crippen LogP contribution in [0.4, 0.5) is 16.3 Å². The molecule has 28 heavy (non-hydrogen) atoms. The van der Waals surface area contributed by atoms with Crippen molar-refractivity contribution in [2.45, 2.75) is 38.8 Å². The summed E-state index contributed by atoms with van der Waals surface area (Å²) in [5, 5.41) is 6.00. The van der Waals surface area contributed by atoms with Gasteiger partial charge in [-0.2, -0.15) is 0 Å². The van der Waals surface area contributed by atoms with Crippen molar-refractivity contribution in [2.75, 3.05) is 23.3 Å². The fraction of sp³-hybridized carbons (Fsp3) is 0.400. The van der Waals surface area contributed by atoms with Crippen LogP contribution in [0.2, 0.25) is 0 Å². The number of nitrogens with zero attached hydrogens (tertiary/aromatic N) is 5. The lowest BCUT2D eigenvalue weighted by Gasteiger charge is -2.32. The van der Waals surface area contributed by atoms with Crippen molar-refractivity contribution in [1.29, 1.82) is 0 Å². The number of nitrogens with one attached hydrogen (secondary N) is 2. The largest absolute Gasteiger partial charge is 0.355 e. The summed E-state index contributed by atoms with van der Waals surface area (Å²) in [6.07, 6.45) is 9.82. The van der Waals surface area contributed by atoms with Crippen LogP contribution in [-0.2, 0) is 6.54 Å². The number of aryl methyl sites for hydroxylation is 1. The average molecular weight is 379 g/mol. The number of carbonyl (C=O) groups excluding carboxylic acids is 1. The Kier molecular flexibility index (Phi) is 5.36. The minimum Gasteiger partial charge on any atom is -0.355 e. The number of benzene rings is 1. The molecule has 2 amide bonds. The van der Waals surface area contributed by atoms with E-state index in [1.165, 1.54) is 0 Å². The molecule has 8 heteroatoms. The first-order chi connectivity index (χ1) is 13.7. The molecule has 1 aromatic carbocycles. The van der Waals surface area contributed by atoms with Crippen LogP contribution in [0, 0.1) is 0 Å². The first kappa shape index (κ1) is 18.2. The summed E-state index contributed by atoms with van der Waals surface area (Å²) in [7, 11) is 0. The molecule has 0 spiro atoms. The second-order valence-electron chi connectivity index (χ2n) is 7.06. The van der Waals surface area contributed by atoms with E-state index < -0.39 is 0 Å². The van der Waals surface area contributed by atoms with Crippen molar-refractivity contribution >= 4 is 28.6 Å². The van der Waals surface area contributed by atoms with Gasteiger partial charge in [0.15, 0.2) is 0 Å².